The number of rotatable bonds is 5. The molecular formula is C16H14N4O6. The first-order chi connectivity index (χ1) is 12.5. The van der Waals surface area contributed by atoms with Gasteiger partial charge in [0.05, 0.1) is 12.7 Å². The second kappa shape index (κ2) is 7.13. The third-order valence-corrected chi connectivity index (χ3v) is 3.70. The van der Waals surface area contributed by atoms with Gasteiger partial charge in [0.1, 0.15) is 6.54 Å². The van der Waals surface area contributed by atoms with E-state index >= 15 is 0 Å². The molecule has 1 saturated heterocycles. The third kappa shape index (κ3) is 3.58. The summed E-state index contributed by atoms with van der Waals surface area (Å²) in [5, 5.41) is 9.77. The van der Waals surface area contributed by atoms with Crippen LogP contribution in [0.25, 0.3) is 0 Å². The van der Waals surface area contributed by atoms with E-state index in [1.165, 1.54) is 31.4 Å². The summed E-state index contributed by atoms with van der Waals surface area (Å²) in [4.78, 5) is 47.7. The Labute approximate surface area is 147 Å². The highest BCUT2D eigenvalue weighted by Crippen LogP contribution is 2.16. The Morgan fingerprint density at radius 3 is 2.35 bits per heavy atom. The molecule has 0 unspecified atom stereocenters. The summed E-state index contributed by atoms with van der Waals surface area (Å²) < 4.78 is 9.82. The van der Waals surface area contributed by atoms with Crippen molar-refractivity contribution in [1.82, 2.24) is 15.1 Å². The summed E-state index contributed by atoms with van der Waals surface area (Å²) in [6.45, 7) is -0.131. The lowest BCUT2D eigenvalue weighted by atomic mass is 10.1. The SMILES string of the molecule is COC(=O)c1ccc(C(=O)Nc2nnc(CN3C(=O)CCC3=O)o2)cc1. The fourth-order valence-electron chi connectivity index (χ4n) is 2.35. The van der Waals surface area contributed by atoms with Gasteiger partial charge < -0.3 is 9.15 Å². The lowest BCUT2D eigenvalue weighted by Crippen LogP contribution is -2.28. The largest absolute Gasteiger partial charge is 0.465 e. The van der Waals surface area contributed by atoms with Gasteiger partial charge in [-0.3, -0.25) is 24.6 Å². The van der Waals surface area contributed by atoms with E-state index in [0.29, 0.717) is 5.56 Å². The molecule has 0 spiro atoms. The molecule has 3 amide bonds. The lowest BCUT2D eigenvalue weighted by molar-refractivity contribution is -0.139. The molecular weight excluding hydrogens is 344 g/mol. The molecule has 1 aromatic carbocycles. The van der Waals surface area contributed by atoms with Crippen molar-refractivity contribution in [2.45, 2.75) is 19.4 Å². The van der Waals surface area contributed by atoms with Gasteiger partial charge in [-0.25, -0.2) is 4.79 Å². The monoisotopic (exact) mass is 358 g/mol. The highest BCUT2D eigenvalue weighted by molar-refractivity contribution is 6.04. The minimum absolute atomic E-state index is 0.0324. The molecule has 1 N–H and O–H groups in total. The number of likely N-dealkylation sites (tertiary alicyclic amines) is 1. The summed E-state index contributed by atoms with van der Waals surface area (Å²) in [6.07, 6.45) is 0.330. The van der Waals surface area contributed by atoms with Crippen molar-refractivity contribution in [2.75, 3.05) is 12.4 Å². The quantitative estimate of drug-likeness (QED) is 0.612. The maximum atomic E-state index is 12.1. The summed E-state index contributed by atoms with van der Waals surface area (Å²) in [5.41, 5.74) is 0.575. The molecule has 3 rings (SSSR count). The average Bonchev–Trinajstić information content (AvgIpc) is 3.22. The number of benzene rings is 1. The zero-order chi connectivity index (χ0) is 18.7. The van der Waals surface area contributed by atoms with Gasteiger partial charge in [0.15, 0.2) is 0 Å². The molecule has 0 bridgehead atoms. The van der Waals surface area contributed by atoms with E-state index in [1.807, 2.05) is 0 Å². The Morgan fingerprint density at radius 1 is 1.12 bits per heavy atom. The van der Waals surface area contributed by atoms with E-state index in [1.54, 1.807) is 0 Å². The van der Waals surface area contributed by atoms with Crippen molar-refractivity contribution in [1.29, 1.82) is 0 Å². The zero-order valence-electron chi connectivity index (χ0n) is 13.7. The van der Waals surface area contributed by atoms with Crippen LogP contribution >= 0.6 is 0 Å². The van der Waals surface area contributed by atoms with Crippen LogP contribution in [0.5, 0.6) is 0 Å². The fraction of sp³-hybridized carbons (Fsp3) is 0.250. The summed E-state index contributed by atoms with van der Waals surface area (Å²) in [6, 6.07) is 5.62. The van der Waals surface area contributed by atoms with Crippen molar-refractivity contribution < 1.29 is 28.3 Å². The van der Waals surface area contributed by atoms with Crippen molar-refractivity contribution in [3.05, 3.63) is 41.3 Å². The predicted octanol–water partition coefficient (Wildman–Crippen LogP) is 0.757. The van der Waals surface area contributed by atoms with Gasteiger partial charge in [0.2, 0.25) is 17.7 Å². The minimum Gasteiger partial charge on any atom is -0.465 e. The summed E-state index contributed by atoms with van der Waals surface area (Å²) in [7, 11) is 1.26. The van der Waals surface area contributed by atoms with E-state index < -0.39 is 11.9 Å². The Hall–Kier alpha value is -3.56. The molecule has 2 aromatic rings. The van der Waals surface area contributed by atoms with Crippen molar-refractivity contribution in [3.63, 3.8) is 0 Å². The van der Waals surface area contributed by atoms with Crippen LogP contribution in [0.3, 0.4) is 0 Å². The number of methoxy groups -OCH3 is 1. The third-order valence-electron chi connectivity index (χ3n) is 3.70. The molecule has 1 fully saturated rings. The predicted molar refractivity (Wildman–Crippen MR) is 84.8 cm³/mol. The Morgan fingerprint density at radius 2 is 1.73 bits per heavy atom. The standard InChI is InChI=1S/C16H14N4O6/c1-25-15(24)10-4-2-9(3-5-10)14(23)17-16-19-18-11(26-16)8-20-12(21)6-7-13(20)22/h2-5H,6-8H2,1H3,(H,17,19,23). The normalized spacial score (nSPS) is 13.8. The van der Waals surface area contributed by atoms with Crippen LogP contribution in [0.1, 0.15) is 39.4 Å². The molecule has 1 aliphatic rings. The van der Waals surface area contributed by atoms with Crippen LogP contribution in [0, 0.1) is 0 Å². The number of ether oxygens (including phenoxy) is 1. The number of imide groups is 1. The molecule has 2 heterocycles. The molecule has 0 radical (unpaired) electrons. The first-order valence-corrected chi connectivity index (χ1v) is 7.63. The van der Waals surface area contributed by atoms with E-state index in [0.717, 1.165) is 4.90 Å². The number of aromatic nitrogens is 2. The first kappa shape index (κ1) is 17.3. The zero-order valence-corrected chi connectivity index (χ0v) is 13.7. The second-order valence-corrected chi connectivity index (χ2v) is 5.40. The van der Waals surface area contributed by atoms with Gasteiger partial charge in [0.25, 0.3) is 5.91 Å². The van der Waals surface area contributed by atoms with E-state index in [4.69, 9.17) is 4.42 Å². The van der Waals surface area contributed by atoms with Crippen LogP contribution in [0.15, 0.2) is 28.7 Å². The molecule has 134 valence electrons. The number of esters is 1. The van der Waals surface area contributed by atoms with E-state index in [2.05, 4.69) is 20.3 Å². The highest BCUT2D eigenvalue weighted by atomic mass is 16.5. The molecule has 1 aromatic heterocycles. The van der Waals surface area contributed by atoms with Crippen LogP contribution in [0.2, 0.25) is 0 Å². The van der Waals surface area contributed by atoms with Crippen molar-refractivity contribution in [3.8, 4) is 0 Å². The summed E-state index contributed by atoms with van der Waals surface area (Å²) in [5.74, 6) is -1.60. The number of anilines is 1. The van der Waals surface area contributed by atoms with Crippen LogP contribution in [-0.4, -0.2) is 45.9 Å². The van der Waals surface area contributed by atoms with Gasteiger partial charge in [-0.1, -0.05) is 5.10 Å². The maximum absolute atomic E-state index is 12.1. The molecule has 10 heteroatoms. The van der Waals surface area contributed by atoms with Gasteiger partial charge in [0, 0.05) is 18.4 Å². The number of nitrogens with zero attached hydrogens (tertiary/aromatic N) is 3. The van der Waals surface area contributed by atoms with Crippen LogP contribution < -0.4 is 5.32 Å². The Bertz CT molecular complexity index is 857. The number of carbonyl (C=O) groups is 4. The molecule has 10 nitrogen and oxygen atoms in total. The molecule has 0 aliphatic carbocycles. The van der Waals surface area contributed by atoms with Crippen molar-refractivity contribution in [2.24, 2.45) is 0 Å². The van der Waals surface area contributed by atoms with Gasteiger partial charge in [-0.05, 0) is 24.3 Å². The Balaban J connectivity index is 1.63. The first-order valence-electron chi connectivity index (χ1n) is 7.63. The Kier molecular flexibility index (Phi) is 4.74. The van der Waals surface area contributed by atoms with Crippen LogP contribution in [-0.2, 0) is 20.9 Å². The molecule has 0 atom stereocenters. The summed E-state index contributed by atoms with van der Waals surface area (Å²) >= 11 is 0. The smallest absolute Gasteiger partial charge is 0.337 e. The van der Waals surface area contributed by atoms with Gasteiger partial charge >= 0.3 is 12.0 Å². The molecule has 1 aliphatic heterocycles. The number of hydrogen-bond donors (Lipinski definition) is 1. The number of nitrogens with one attached hydrogen (secondary N) is 1. The van der Waals surface area contributed by atoms with Crippen molar-refractivity contribution >= 4 is 29.7 Å². The number of carbonyl (C=O) groups excluding carboxylic acids is 4. The van der Waals surface area contributed by atoms with Gasteiger partial charge in [-0.2, -0.15) is 0 Å². The second-order valence-electron chi connectivity index (χ2n) is 5.40. The molecule has 26 heavy (non-hydrogen) atoms. The highest BCUT2D eigenvalue weighted by Gasteiger charge is 2.30. The van der Waals surface area contributed by atoms with E-state index in [-0.39, 0.29) is 48.7 Å². The average molecular weight is 358 g/mol. The van der Waals surface area contributed by atoms with E-state index in [9.17, 15) is 19.2 Å². The number of hydrogen-bond acceptors (Lipinski definition) is 8. The molecule has 0 saturated carbocycles. The number of amides is 3. The topological polar surface area (TPSA) is 132 Å². The minimum atomic E-state index is -0.523. The fourth-order valence-corrected chi connectivity index (χ4v) is 2.35. The maximum Gasteiger partial charge on any atom is 0.337 e. The van der Waals surface area contributed by atoms with Gasteiger partial charge in [-0.15, -0.1) is 5.10 Å². The lowest BCUT2D eigenvalue weighted by Gasteiger charge is -2.09. The van der Waals surface area contributed by atoms with Crippen LogP contribution in [0.4, 0.5) is 6.01 Å².